The van der Waals surface area contributed by atoms with E-state index in [2.05, 4.69) is 30.9 Å². The van der Waals surface area contributed by atoms with E-state index in [-0.39, 0.29) is 5.91 Å². The number of aryl methyl sites for hydroxylation is 1. The van der Waals surface area contributed by atoms with Gasteiger partial charge in [0.2, 0.25) is 0 Å². The number of rotatable bonds is 4. The smallest absolute Gasteiger partial charge is 0.274 e. The Labute approximate surface area is 147 Å². The van der Waals surface area contributed by atoms with Crippen LogP contribution in [0.5, 0.6) is 0 Å². The summed E-state index contributed by atoms with van der Waals surface area (Å²) < 4.78 is 0. The average Bonchev–Trinajstić information content (AvgIpc) is 3.48. The average molecular weight is 338 g/mol. The van der Waals surface area contributed by atoms with Crippen molar-refractivity contribution < 1.29 is 4.79 Å². The first kappa shape index (κ1) is 15.9. The second-order valence-corrected chi connectivity index (χ2v) is 6.77. The summed E-state index contributed by atoms with van der Waals surface area (Å²) in [6.45, 7) is 3.49. The molecule has 0 spiro atoms. The molecule has 7 nitrogen and oxygen atoms in total. The number of aromatic nitrogens is 4. The van der Waals surface area contributed by atoms with E-state index in [9.17, 15) is 4.79 Å². The lowest BCUT2D eigenvalue weighted by molar-refractivity contribution is 0.0705. The normalized spacial score (nSPS) is 18.2. The van der Waals surface area contributed by atoms with Crippen LogP contribution in [0.1, 0.15) is 41.9 Å². The molecule has 3 heterocycles. The summed E-state index contributed by atoms with van der Waals surface area (Å²) in [4.78, 5) is 33.7. The molecule has 0 unspecified atom stereocenters. The molecular weight excluding hydrogens is 316 g/mol. The molecule has 4 rings (SSSR count). The van der Waals surface area contributed by atoms with Crippen molar-refractivity contribution in [2.24, 2.45) is 0 Å². The Kier molecular flexibility index (Phi) is 4.29. The van der Waals surface area contributed by atoms with Crippen LogP contribution in [0.15, 0.2) is 31.0 Å². The van der Waals surface area contributed by atoms with E-state index in [0.29, 0.717) is 17.8 Å². The number of piperidine rings is 1. The summed E-state index contributed by atoms with van der Waals surface area (Å²) in [6.07, 6.45) is 10.7. The van der Waals surface area contributed by atoms with Crippen LogP contribution in [0.4, 0.5) is 5.82 Å². The van der Waals surface area contributed by atoms with Gasteiger partial charge in [-0.25, -0.2) is 15.0 Å². The molecule has 2 fully saturated rings. The number of nitrogens with zero attached hydrogens (tertiary/aromatic N) is 6. The number of carbonyl (C=O) groups is 1. The molecule has 1 saturated carbocycles. The maximum Gasteiger partial charge on any atom is 0.274 e. The molecule has 0 bridgehead atoms. The molecule has 130 valence electrons. The molecule has 0 aromatic carbocycles. The molecule has 0 N–H and O–H groups in total. The zero-order valence-corrected chi connectivity index (χ0v) is 14.4. The fraction of sp³-hybridized carbons (Fsp3) is 0.500. The van der Waals surface area contributed by atoms with E-state index in [1.807, 2.05) is 11.8 Å². The van der Waals surface area contributed by atoms with Gasteiger partial charge in [-0.3, -0.25) is 9.78 Å². The summed E-state index contributed by atoms with van der Waals surface area (Å²) in [5, 5.41) is 0. The SMILES string of the molecule is Cc1cc(N(C2CC2)C2CCN(C(=O)c3cnccn3)CC2)ncn1. The lowest BCUT2D eigenvalue weighted by atomic mass is 10.0. The summed E-state index contributed by atoms with van der Waals surface area (Å²) in [7, 11) is 0. The summed E-state index contributed by atoms with van der Waals surface area (Å²) in [6, 6.07) is 3.07. The minimum Gasteiger partial charge on any atom is -0.350 e. The first-order valence-corrected chi connectivity index (χ1v) is 8.84. The van der Waals surface area contributed by atoms with E-state index < -0.39 is 0 Å². The van der Waals surface area contributed by atoms with Gasteiger partial charge >= 0.3 is 0 Å². The van der Waals surface area contributed by atoms with E-state index in [1.165, 1.54) is 19.0 Å². The van der Waals surface area contributed by atoms with Crippen molar-refractivity contribution in [3.63, 3.8) is 0 Å². The van der Waals surface area contributed by atoms with Gasteiger partial charge in [0.15, 0.2) is 0 Å². The predicted molar refractivity (Wildman–Crippen MR) is 93.2 cm³/mol. The van der Waals surface area contributed by atoms with Gasteiger partial charge in [-0.05, 0) is 32.6 Å². The highest BCUT2D eigenvalue weighted by molar-refractivity contribution is 5.92. The molecule has 1 aliphatic heterocycles. The van der Waals surface area contributed by atoms with Crippen molar-refractivity contribution in [1.29, 1.82) is 0 Å². The Morgan fingerprint density at radius 3 is 2.48 bits per heavy atom. The number of hydrogen-bond donors (Lipinski definition) is 0. The zero-order valence-electron chi connectivity index (χ0n) is 14.4. The minimum atomic E-state index is -0.0256. The molecule has 0 atom stereocenters. The largest absolute Gasteiger partial charge is 0.350 e. The van der Waals surface area contributed by atoms with Crippen LogP contribution >= 0.6 is 0 Å². The van der Waals surface area contributed by atoms with E-state index >= 15 is 0 Å². The highest BCUT2D eigenvalue weighted by atomic mass is 16.2. The number of likely N-dealkylation sites (tertiary alicyclic amines) is 1. The van der Waals surface area contributed by atoms with Gasteiger partial charge in [-0.2, -0.15) is 0 Å². The lowest BCUT2D eigenvalue weighted by Gasteiger charge is -2.39. The molecule has 25 heavy (non-hydrogen) atoms. The number of hydrogen-bond acceptors (Lipinski definition) is 6. The summed E-state index contributed by atoms with van der Waals surface area (Å²) >= 11 is 0. The third-order valence-corrected chi connectivity index (χ3v) is 4.92. The number of anilines is 1. The van der Waals surface area contributed by atoms with Crippen LogP contribution in [-0.2, 0) is 0 Å². The van der Waals surface area contributed by atoms with Crippen LogP contribution in [-0.4, -0.2) is 55.9 Å². The van der Waals surface area contributed by atoms with Crippen LogP contribution < -0.4 is 4.90 Å². The van der Waals surface area contributed by atoms with Crippen molar-refractivity contribution in [3.8, 4) is 0 Å². The van der Waals surface area contributed by atoms with Crippen molar-refractivity contribution in [2.45, 2.75) is 44.7 Å². The monoisotopic (exact) mass is 338 g/mol. The van der Waals surface area contributed by atoms with Gasteiger partial charge in [0.25, 0.3) is 5.91 Å². The third-order valence-electron chi connectivity index (χ3n) is 4.92. The van der Waals surface area contributed by atoms with Crippen LogP contribution in [0.25, 0.3) is 0 Å². The van der Waals surface area contributed by atoms with Gasteiger partial charge in [-0.1, -0.05) is 0 Å². The van der Waals surface area contributed by atoms with Gasteiger partial charge < -0.3 is 9.80 Å². The maximum atomic E-state index is 12.5. The van der Waals surface area contributed by atoms with E-state index in [4.69, 9.17) is 0 Å². The molecule has 1 saturated heterocycles. The predicted octanol–water partition coefficient (Wildman–Crippen LogP) is 1.85. The first-order chi connectivity index (χ1) is 12.2. The molecule has 2 aromatic heterocycles. The molecule has 7 heteroatoms. The molecule has 2 aliphatic rings. The quantitative estimate of drug-likeness (QED) is 0.847. The number of amides is 1. The van der Waals surface area contributed by atoms with Crippen molar-refractivity contribution in [3.05, 3.63) is 42.4 Å². The third kappa shape index (κ3) is 3.45. The second-order valence-electron chi connectivity index (χ2n) is 6.77. The first-order valence-electron chi connectivity index (χ1n) is 8.84. The van der Waals surface area contributed by atoms with Gasteiger partial charge in [-0.15, -0.1) is 0 Å². The van der Waals surface area contributed by atoms with Crippen molar-refractivity contribution in [1.82, 2.24) is 24.8 Å². The fourth-order valence-electron chi connectivity index (χ4n) is 3.53. The molecule has 0 radical (unpaired) electrons. The van der Waals surface area contributed by atoms with Crippen LogP contribution in [0.2, 0.25) is 0 Å². The summed E-state index contributed by atoms with van der Waals surface area (Å²) in [5.74, 6) is 0.996. The molecule has 1 amide bonds. The summed E-state index contributed by atoms with van der Waals surface area (Å²) in [5.41, 5.74) is 1.41. The Morgan fingerprint density at radius 2 is 1.84 bits per heavy atom. The number of carbonyl (C=O) groups excluding carboxylic acids is 1. The Bertz CT molecular complexity index is 740. The zero-order chi connectivity index (χ0) is 17.2. The lowest BCUT2D eigenvalue weighted by Crippen LogP contribution is -2.48. The minimum absolute atomic E-state index is 0.0256. The highest BCUT2D eigenvalue weighted by Gasteiger charge is 2.37. The topological polar surface area (TPSA) is 75.1 Å². The highest BCUT2D eigenvalue weighted by Crippen LogP contribution is 2.35. The standard InChI is InChI=1S/C18H22N6O/c1-13-10-17(22-12-21-13)24(14-2-3-14)15-4-8-23(9-5-15)18(25)16-11-19-6-7-20-16/h6-7,10-12,14-15H,2-5,8-9H2,1H3. The van der Waals surface area contributed by atoms with Crippen molar-refractivity contribution in [2.75, 3.05) is 18.0 Å². The van der Waals surface area contributed by atoms with E-state index in [1.54, 1.807) is 18.7 Å². The van der Waals surface area contributed by atoms with Crippen molar-refractivity contribution >= 4 is 11.7 Å². The van der Waals surface area contributed by atoms with Crippen LogP contribution in [0, 0.1) is 6.92 Å². The van der Waals surface area contributed by atoms with Gasteiger partial charge in [0.05, 0.1) is 6.20 Å². The Balaban J connectivity index is 1.44. The molecule has 2 aromatic rings. The van der Waals surface area contributed by atoms with Crippen LogP contribution in [0.3, 0.4) is 0 Å². The second kappa shape index (κ2) is 6.74. The van der Waals surface area contributed by atoms with E-state index in [0.717, 1.165) is 37.4 Å². The Hall–Kier alpha value is -2.57. The van der Waals surface area contributed by atoms with Gasteiger partial charge in [0, 0.05) is 49.3 Å². The maximum absolute atomic E-state index is 12.5. The van der Waals surface area contributed by atoms with Gasteiger partial charge in [0.1, 0.15) is 17.8 Å². The fourth-order valence-corrected chi connectivity index (χ4v) is 3.53. The Morgan fingerprint density at radius 1 is 1.08 bits per heavy atom. The molecule has 1 aliphatic carbocycles. The molecular formula is C18H22N6O.